The topological polar surface area (TPSA) is 33.0 Å². The summed E-state index contributed by atoms with van der Waals surface area (Å²) in [4.78, 5) is 0. The number of benzene rings is 2. The van der Waals surface area contributed by atoms with Gasteiger partial charge in [0.15, 0.2) is 0 Å². The third kappa shape index (κ3) is 2.48. The maximum atomic E-state index is 9.40. The molecule has 1 heterocycles. The fourth-order valence-corrected chi connectivity index (χ4v) is 3.35. The van der Waals surface area contributed by atoms with E-state index in [0.717, 1.165) is 30.8 Å². The highest BCUT2D eigenvalue weighted by atomic mass is 16.5. The van der Waals surface area contributed by atoms with E-state index in [4.69, 9.17) is 4.74 Å². The molecule has 2 heteroatoms. The van der Waals surface area contributed by atoms with Gasteiger partial charge in [-0.2, -0.15) is 5.26 Å². The van der Waals surface area contributed by atoms with Gasteiger partial charge in [-0.15, -0.1) is 0 Å². The van der Waals surface area contributed by atoms with Crippen LogP contribution in [-0.2, 0) is 6.42 Å². The lowest BCUT2D eigenvalue weighted by Crippen LogP contribution is -2.08. The van der Waals surface area contributed by atoms with Crippen molar-refractivity contribution < 1.29 is 4.74 Å². The molecular formula is C20H21NO. The first-order valence-electron chi connectivity index (χ1n) is 7.87. The van der Waals surface area contributed by atoms with E-state index in [1.54, 1.807) is 0 Å². The standard InChI is InChI=1S/C20H21NO/c1-13-6-7-14(2)20(19(13)15(3)12-21)17-8-9-18-16(11-17)5-4-10-22-18/h6-9,11,15H,4-5,10H2,1-3H3. The highest BCUT2D eigenvalue weighted by Gasteiger charge is 2.18. The first-order chi connectivity index (χ1) is 10.6. The van der Waals surface area contributed by atoms with Crippen molar-refractivity contribution in [2.45, 2.75) is 39.5 Å². The van der Waals surface area contributed by atoms with E-state index in [9.17, 15) is 5.26 Å². The molecule has 0 saturated carbocycles. The Labute approximate surface area is 132 Å². The van der Waals surface area contributed by atoms with Crippen molar-refractivity contribution in [3.05, 3.63) is 52.6 Å². The molecule has 112 valence electrons. The van der Waals surface area contributed by atoms with Crippen LogP contribution in [0.2, 0.25) is 0 Å². The molecule has 0 saturated heterocycles. The molecule has 2 aromatic carbocycles. The predicted molar refractivity (Wildman–Crippen MR) is 89.2 cm³/mol. The molecule has 1 unspecified atom stereocenters. The zero-order valence-corrected chi connectivity index (χ0v) is 13.4. The van der Waals surface area contributed by atoms with Crippen molar-refractivity contribution in [3.63, 3.8) is 0 Å². The number of nitriles is 1. The van der Waals surface area contributed by atoms with Crippen molar-refractivity contribution in [2.75, 3.05) is 6.61 Å². The molecule has 0 amide bonds. The maximum Gasteiger partial charge on any atom is 0.122 e. The second kappa shape index (κ2) is 5.85. The highest BCUT2D eigenvalue weighted by molar-refractivity contribution is 5.75. The van der Waals surface area contributed by atoms with E-state index in [2.05, 4.69) is 50.2 Å². The second-order valence-corrected chi connectivity index (χ2v) is 6.11. The Hall–Kier alpha value is -2.27. The fourth-order valence-electron chi connectivity index (χ4n) is 3.35. The van der Waals surface area contributed by atoms with Crippen LogP contribution in [0.4, 0.5) is 0 Å². The lowest BCUT2D eigenvalue weighted by Gasteiger charge is -2.21. The number of rotatable bonds is 2. The molecule has 1 atom stereocenters. The van der Waals surface area contributed by atoms with Crippen molar-refractivity contribution in [2.24, 2.45) is 0 Å². The zero-order chi connectivity index (χ0) is 15.7. The van der Waals surface area contributed by atoms with Gasteiger partial charge >= 0.3 is 0 Å². The first kappa shape index (κ1) is 14.7. The van der Waals surface area contributed by atoms with Crippen LogP contribution in [0.25, 0.3) is 11.1 Å². The molecule has 0 bridgehead atoms. The fraction of sp³-hybridized carbons (Fsp3) is 0.350. The number of fused-ring (bicyclic) bond motifs is 1. The largest absolute Gasteiger partial charge is 0.493 e. The Bertz CT molecular complexity index is 755. The van der Waals surface area contributed by atoms with Gasteiger partial charge in [0, 0.05) is 0 Å². The summed E-state index contributed by atoms with van der Waals surface area (Å²) in [5.74, 6) is 0.900. The van der Waals surface area contributed by atoms with Gasteiger partial charge in [-0.1, -0.05) is 18.2 Å². The second-order valence-electron chi connectivity index (χ2n) is 6.11. The van der Waals surface area contributed by atoms with Gasteiger partial charge < -0.3 is 4.74 Å². The van der Waals surface area contributed by atoms with Gasteiger partial charge in [0.2, 0.25) is 0 Å². The lowest BCUT2D eigenvalue weighted by molar-refractivity contribution is 0.288. The van der Waals surface area contributed by atoms with Crippen molar-refractivity contribution in [1.82, 2.24) is 0 Å². The van der Waals surface area contributed by atoms with Gasteiger partial charge in [-0.25, -0.2) is 0 Å². The minimum absolute atomic E-state index is 0.109. The summed E-state index contributed by atoms with van der Waals surface area (Å²) in [6.45, 7) is 7.01. The predicted octanol–water partition coefficient (Wildman–Crippen LogP) is 4.92. The van der Waals surface area contributed by atoms with E-state index in [-0.39, 0.29) is 5.92 Å². The molecular weight excluding hydrogens is 270 g/mol. The van der Waals surface area contributed by atoms with E-state index in [0.29, 0.717) is 0 Å². The normalized spacial score (nSPS) is 14.6. The average Bonchev–Trinajstić information content (AvgIpc) is 2.55. The third-order valence-electron chi connectivity index (χ3n) is 4.50. The van der Waals surface area contributed by atoms with Crippen LogP contribution < -0.4 is 4.74 Å². The summed E-state index contributed by atoms with van der Waals surface area (Å²) in [5, 5.41) is 9.40. The molecule has 2 aromatic rings. The Morgan fingerprint density at radius 3 is 2.68 bits per heavy atom. The number of hydrogen-bond donors (Lipinski definition) is 0. The van der Waals surface area contributed by atoms with Crippen LogP contribution >= 0.6 is 0 Å². The summed E-state index contributed by atoms with van der Waals surface area (Å²) >= 11 is 0. The lowest BCUT2D eigenvalue weighted by atomic mass is 9.85. The van der Waals surface area contributed by atoms with Crippen LogP contribution in [0.15, 0.2) is 30.3 Å². The molecule has 2 nitrogen and oxygen atoms in total. The van der Waals surface area contributed by atoms with Gasteiger partial charge in [0.05, 0.1) is 18.6 Å². The number of ether oxygens (including phenoxy) is 1. The van der Waals surface area contributed by atoms with Crippen LogP contribution in [-0.4, -0.2) is 6.61 Å². The van der Waals surface area contributed by atoms with E-state index >= 15 is 0 Å². The Morgan fingerprint density at radius 1 is 1.14 bits per heavy atom. The molecule has 3 rings (SSSR count). The molecule has 0 aliphatic carbocycles. The molecule has 0 spiro atoms. The van der Waals surface area contributed by atoms with Crippen LogP contribution in [0.3, 0.4) is 0 Å². The smallest absolute Gasteiger partial charge is 0.122 e. The quantitative estimate of drug-likeness (QED) is 0.786. The molecule has 1 aliphatic rings. The molecule has 0 radical (unpaired) electrons. The van der Waals surface area contributed by atoms with E-state index < -0.39 is 0 Å². The van der Waals surface area contributed by atoms with E-state index in [1.165, 1.54) is 27.8 Å². The van der Waals surface area contributed by atoms with Gasteiger partial charge in [-0.3, -0.25) is 0 Å². The van der Waals surface area contributed by atoms with Crippen LogP contribution in [0.1, 0.15) is 41.5 Å². The maximum absolute atomic E-state index is 9.40. The SMILES string of the molecule is Cc1ccc(C)c(C(C)C#N)c1-c1ccc2c(c1)CCCO2. The first-order valence-corrected chi connectivity index (χ1v) is 7.87. The summed E-state index contributed by atoms with van der Waals surface area (Å²) in [6, 6.07) is 13.1. The summed E-state index contributed by atoms with van der Waals surface area (Å²) < 4.78 is 5.71. The van der Waals surface area contributed by atoms with Crippen molar-refractivity contribution in [1.29, 1.82) is 5.26 Å². The number of aryl methyl sites for hydroxylation is 3. The van der Waals surface area contributed by atoms with Crippen molar-refractivity contribution in [3.8, 4) is 22.9 Å². The van der Waals surface area contributed by atoms with Gasteiger partial charge in [0.1, 0.15) is 5.75 Å². The van der Waals surface area contributed by atoms with Crippen molar-refractivity contribution >= 4 is 0 Å². The number of nitrogens with zero attached hydrogens (tertiary/aromatic N) is 1. The highest BCUT2D eigenvalue weighted by Crippen LogP contribution is 2.37. The van der Waals surface area contributed by atoms with E-state index in [1.807, 2.05) is 6.92 Å². The molecule has 0 fully saturated rings. The minimum Gasteiger partial charge on any atom is -0.493 e. The van der Waals surface area contributed by atoms with Gasteiger partial charge in [-0.05, 0) is 79.1 Å². The third-order valence-corrected chi connectivity index (χ3v) is 4.50. The zero-order valence-electron chi connectivity index (χ0n) is 13.4. The summed E-state index contributed by atoms with van der Waals surface area (Å²) in [5.41, 5.74) is 7.24. The minimum atomic E-state index is -0.109. The monoisotopic (exact) mass is 291 g/mol. The Kier molecular flexibility index (Phi) is 3.90. The molecule has 0 aromatic heterocycles. The average molecular weight is 291 g/mol. The van der Waals surface area contributed by atoms with Crippen LogP contribution in [0.5, 0.6) is 5.75 Å². The molecule has 0 N–H and O–H groups in total. The summed E-state index contributed by atoms with van der Waals surface area (Å²) in [6.07, 6.45) is 2.14. The molecule has 22 heavy (non-hydrogen) atoms. The Balaban J connectivity index is 2.20. The van der Waals surface area contributed by atoms with Crippen LogP contribution in [0, 0.1) is 25.2 Å². The number of hydrogen-bond acceptors (Lipinski definition) is 2. The Morgan fingerprint density at radius 2 is 1.91 bits per heavy atom. The van der Waals surface area contributed by atoms with Gasteiger partial charge in [0.25, 0.3) is 0 Å². The summed E-state index contributed by atoms with van der Waals surface area (Å²) in [7, 11) is 0. The molecule has 1 aliphatic heterocycles.